The minimum absolute atomic E-state index is 0.0920. The topological polar surface area (TPSA) is 41.9 Å². The van der Waals surface area contributed by atoms with Gasteiger partial charge in [0.2, 0.25) is 0 Å². The molecule has 0 aromatic carbocycles. The van der Waals surface area contributed by atoms with Gasteiger partial charge >= 0.3 is 0 Å². The zero-order valence-electron chi connectivity index (χ0n) is 9.11. The van der Waals surface area contributed by atoms with Crippen LogP contribution >= 0.6 is 0 Å². The Morgan fingerprint density at radius 1 is 1.64 bits per heavy atom. The van der Waals surface area contributed by atoms with E-state index in [0.29, 0.717) is 19.8 Å². The maximum Gasteiger partial charge on any atom is 0.105 e. The summed E-state index contributed by atoms with van der Waals surface area (Å²) < 4.78 is 10.8. The van der Waals surface area contributed by atoms with Crippen molar-refractivity contribution in [3.8, 4) is 0 Å². The first-order valence-electron chi connectivity index (χ1n) is 5.30. The molecule has 0 spiro atoms. The Hall–Kier alpha value is -0.160. The normalized spacial score (nSPS) is 26.4. The first-order valence-corrected chi connectivity index (χ1v) is 5.30. The summed E-state index contributed by atoms with van der Waals surface area (Å²) in [6.45, 7) is 5.57. The van der Waals surface area contributed by atoms with E-state index in [-0.39, 0.29) is 6.10 Å². The second-order valence-electron chi connectivity index (χ2n) is 3.81. The molecule has 1 rings (SSSR count). The third kappa shape index (κ3) is 3.92. The highest BCUT2D eigenvalue weighted by atomic mass is 16.5. The van der Waals surface area contributed by atoms with Crippen molar-refractivity contribution in [1.82, 2.24) is 4.90 Å². The van der Waals surface area contributed by atoms with Crippen molar-refractivity contribution < 1.29 is 14.6 Å². The van der Waals surface area contributed by atoms with Gasteiger partial charge in [0.05, 0.1) is 19.3 Å². The minimum Gasteiger partial charge on any atom is -0.388 e. The van der Waals surface area contributed by atoms with Crippen LogP contribution in [0.1, 0.15) is 13.3 Å². The molecule has 2 unspecified atom stereocenters. The lowest BCUT2D eigenvalue weighted by atomic mass is 10.2. The quantitative estimate of drug-likeness (QED) is 0.644. The van der Waals surface area contributed by atoms with Crippen LogP contribution in [0, 0.1) is 0 Å². The van der Waals surface area contributed by atoms with Gasteiger partial charge in [0.15, 0.2) is 0 Å². The van der Waals surface area contributed by atoms with E-state index in [0.717, 1.165) is 19.5 Å². The molecular weight excluding hydrogens is 182 g/mol. The monoisotopic (exact) mass is 203 g/mol. The van der Waals surface area contributed by atoms with Crippen LogP contribution in [0.2, 0.25) is 0 Å². The Morgan fingerprint density at radius 2 is 2.43 bits per heavy atom. The third-order valence-electron chi connectivity index (χ3n) is 2.36. The fraction of sp³-hybridized carbons (Fsp3) is 1.00. The van der Waals surface area contributed by atoms with Crippen molar-refractivity contribution in [2.75, 3.05) is 40.0 Å². The fourth-order valence-electron chi connectivity index (χ4n) is 1.50. The standard InChI is InChI=1S/C10H21NO3/c1-3-5-13-8-9(12)10-7-11(2)4-6-14-10/h9-10,12H,3-8H2,1-2H3. The van der Waals surface area contributed by atoms with Crippen LogP contribution in [-0.2, 0) is 9.47 Å². The number of morpholine rings is 1. The van der Waals surface area contributed by atoms with Crippen molar-refractivity contribution in [3.05, 3.63) is 0 Å². The van der Waals surface area contributed by atoms with Crippen molar-refractivity contribution in [3.63, 3.8) is 0 Å². The third-order valence-corrected chi connectivity index (χ3v) is 2.36. The molecule has 1 aliphatic rings. The maximum absolute atomic E-state index is 9.74. The molecule has 1 fully saturated rings. The van der Waals surface area contributed by atoms with Crippen LogP contribution in [0.3, 0.4) is 0 Å². The number of aliphatic hydroxyl groups excluding tert-OH is 1. The zero-order chi connectivity index (χ0) is 10.4. The minimum atomic E-state index is -0.496. The van der Waals surface area contributed by atoms with Crippen LogP contribution in [0.25, 0.3) is 0 Å². The summed E-state index contributed by atoms with van der Waals surface area (Å²) in [5.74, 6) is 0. The summed E-state index contributed by atoms with van der Waals surface area (Å²) in [6.07, 6.45) is 0.396. The largest absolute Gasteiger partial charge is 0.388 e. The number of hydrogen-bond donors (Lipinski definition) is 1. The van der Waals surface area contributed by atoms with Gasteiger partial charge in [-0.15, -0.1) is 0 Å². The van der Waals surface area contributed by atoms with Gasteiger partial charge in [-0.1, -0.05) is 6.92 Å². The molecule has 14 heavy (non-hydrogen) atoms. The molecule has 1 N–H and O–H groups in total. The number of hydrogen-bond acceptors (Lipinski definition) is 4. The van der Waals surface area contributed by atoms with Gasteiger partial charge in [0.25, 0.3) is 0 Å². The van der Waals surface area contributed by atoms with Crippen molar-refractivity contribution in [2.45, 2.75) is 25.6 Å². The molecular formula is C10H21NO3. The predicted octanol–water partition coefficient (Wildman–Crippen LogP) is 0.104. The number of ether oxygens (including phenoxy) is 2. The highest BCUT2D eigenvalue weighted by molar-refractivity contribution is 4.75. The molecule has 1 aliphatic heterocycles. The molecule has 0 aromatic rings. The molecule has 1 heterocycles. The van der Waals surface area contributed by atoms with Gasteiger partial charge < -0.3 is 19.5 Å². The van der Waals surface area contributed by atoms with E-state index < -0.39 is 6.10 Å². The maximum atomic E-state index is 9.74. The van der Waals surface area contributed by atoms with Gasteiger partial charge in [-0.05, 0) is 13.5 Å². The van der Waals surface area contributed by atoms with E-state index in [1.807, 2.05) is 7.05 Å². The SMILES string of the molecule is CCCOCC(O)C1CN(C)CCO1. The predicted molar refractivity (Wildman–Crippen MR) is 54.4 cm³/mol. The van der Waals surface area contributed by atoms with Gasteiger partial charge in [0.1, 0.15) is 6.10 Å². The fourth-order valence-corrected chi connectivity index (χ4v) is 1.50. The van der Waals surface area contributed by atoms with Gasteiger partial charge in [-0.3, -0.25) is 0 Å². The van der Waals surface area contributed by atoms with E-state index in [9.17, 15) is 5.11 Å². The summed E-state index contributed by atoms with van der Waals surface area (Å²) in [5.41, 5.74) is 0. The van der Waals surface area contributed by atoms with E-state index >= 15 is 0 Å². The van der Waals surface area contributed by atoms with Crippen molar-refractivity contribution in [2.24, 2.45) is 0 Å². The smallest absolute Gasteiger partial charge is 0.105 e. The van der Waals surface area contributed by atoms with Crippen LogP contribution in [0.4, 0.5) is 0 Å². The average Bonchev–Trinajstić information content (AvgIpc) is 2.18. The molecule has 0 saturated carbocycles. The summed E-state index contributed by atoms with van der Waals surface area (Å²) >= 11 is 0. The Morgan fingerprint density at radius 3 is 3.07 bits per heavy atom. The Labute approximate surface area is 85.8 Å². The lowest BCUT2D eigenvalue weighted by molar-refractivity contribution is -0.105. The Balaban J connectivity index is 2.18. The molecule has 4 nitrogen and oxygen atoms in total. The molecule has 0 aromatic heterocycles. The molecule has 0 bridgehead atoms. The molecule has 0 aliphatic carbocycles. The van der Waals surface area contributed by atoms with E-state index in [1.165, 1.54) is 0 Å². The summed E-state index contributed by atoms with van der Waals surface area (Å²) in [4.78, 5) is 2.16. The van der Waals surface area contributed by atoms with E-state index in [4.69, 9.17) is 9.47 Å². The molecule has 0 radical (unpaired) electrons. The van der Waals surface area contributed by atoms with Gasteiger partial charge in [-0.25, -0.2) is 0 Å². The van der Waals surface area contributed by atoms with Crippen LogP contribution in [-0.4, -0.2) is 62.2 Å². The average molecular weight is 203 g/mol. The Kier molecular flexibility index (Phi) is 5.40. The molecule has 4 heteroatoms. The Bertz CT molecular complexity index is 154. The second-order valence-corrected chi connectivity index (χ2v) is 3.81. The molecule has 2 atom stereocenters. The highest BCUT2D eigenvalue weighted by Gasteiger charge is 2.24. The lowest BCUT2D eigenvalue weighted by Gasteiger charge is -2.32. The highest BCUT2D eigenvalue weighted by Crippen LogP contribution is 2.07. The lowest BCUT2D eigenvalue weighted by Crippen LogP contribution is -2.47. The number of nitrogens with zero attached hydrogens (tertiary/aromatic N) is 1. The van der Waals surface area contributed by atoms with E-state index in [2.05, 4.69) is 11.8 Å². The number of aliphatic hydroxyl groups is 1. The second kappa shape index (κ2) is 6.35. The van der Waals surface area contributed by atoms with Gasteiger partial charge in [0, 0.05) is 19.7 Å². The van der Waals surface area contributed by atoms with Crippen molar-refractivity contribution in [1.29, 1.82) is 0 Å². The molecule has 0 amide bonds. The summed E-state index contributed by atoms with van der Waals surface area (Å²) in [5, 5.41) is 9.74. The summed E-state index contributed by atoms with van der Waals surface area (Å²) in [7, 11) is 2.04. The number of likely N-dealkylation sites (N-methyl/N-ethyl adjacent to an activating group) is 1. The number of rotatable bonds is 5. The summed E-state index contributed by atoms with van der Waals surface area (Å²) in [6, 6.07) is 0. The first kappa shape index (κ1) is 11.9. The van der Waals surface area contributed by atoms with Crippen LogP contribution in [0.15, 0.2) is 0 Å². The van der Waals surface area contributed by atoms with Crippen LogP contribution < -0.4 is 0 Å². The van der Waals surface area contributed by atoms with Gasteiger partial charge in [-0.2, -0.15) is 0 Å². The molecule has 1 saturated heterocycles. The van der Waals surface area contributed by atoms with Crippen molar-refractivity contribution >= 4 is 0 Å². The first-order chi connectivity index (χ1) is 6.74. The van der Waals surface area contributed by atoms with E-state index in [1.54, 1.807) is 0 Å². The van der Waals surface area contributed by atoms with Crippen LogP contribution in [0.5, 0.6) is 0 Å². The zero-order valence-corrected chi connectivity index (χ0v) is 9.11. The molecule has 84 valence electrons.